The maximum atomic E-state index is 11.7. The summed E-state index contributed by atoms with van der Waals surface area (Å²) in [4.78, 5) is 11.7. The van der Waals surface area contributed by atoms with Crippen LogP contribution >= 0.6 is 0 Å². The van der Waals surface area contributed by atoms with Crippen LogP contribution in [0.3, 0.4) is 0 Å². The van der Waals surface area contributed by atoms with E-state index < -0.39 is 5.41 Å². The Bertz CT molecular complexity index is 604. The summed E-state index contributed by atoms with van der Waals surface area (Å²) >= 11 is 0. The molecule has 0 saturated carbocycles. The van der Waals surface area contributed by atoms with Gasteiger partial charge < -0.3 is 14.3 Å². The van der Waals surface area contributed by atoms with Crippen molar-refractivity contribution in [2.75, 3.05) is 14.2 Å². The third-order valence-corrected chi connectivity index (χ3v) is 3.71. The highest BCUT2D eigenvalue weighted by molar-refractivity contribution is 5.70. The lowest BCUT2D eigenvalue weighted by molar-refractivity contribution is -0.112. The third-order valence-electron chi connectivity index (χ3n) is 3.71. The summed E-state index contributed by atoms with van der Waals surface area (Å²) < 4.78 is 10.5. The van der Waals surface area contributed by atoms with Gasteiger partial charge in [-0.15, -0.1) is 0 Å². The van der Waals surface area contributed by atoms with Crippen molar-refractivity contribution >= 4 is 6.29 Å². The number of para-hydroxylation sites is 1. The van der Waals surface area contributed by atoms with Gasteiger partial charge >= 0.3 is 0 Å². The number of hydrogen-bond acceptors (Lipinski definition) is 3. The molecule has 3 heteroatoms. The smallest absolute Gasteiger partial charge is 0.130 e. The summed E-state index contributed by atoms with van der Waals surface area (Å²) in [6.45, 7) is 1.93. The molecule has 0 spiro atoms. The van der Waals surface area contributed by atoms with Crippen LogP contribution in [-0.4, -0.2) is 20.5 Å². The van der Waals surface area contributed by atoms with Crippen LogP contribution in [0.25, 0.3) is 0 Å². The van der Waals surface area contributed by atoms with Gasteiger partial charge in [-0.1, -0.05) is 30.3 Å². The molecule has 1 atom stereocenters. The Morgan fingerprint density at radius 1 is 1.00 bits per heavy atom. The van der Waals surface area contributed by atoms with Crippen LogP contribution in [0.5, 0.6) is 11.5 Å². The fourth-order valence-electron chi connectivity index (χ4n) is 2.48. The van der Waals surface area contributed by atoms with E-state index in [-0.39, 0.29) is 0 Å². The number of ether oxygens (including phenoxy) is 2. The monoisotopic (exact) mass is 284 g/mol. The second kappa shape index (κ2) is 6.44. The van der Waals surface area contributed by atoms with E-state index in [1.54, 1.807) is 14.2 Å². The Balaban J connectivity index is 2.34. The van der Waals surface area contributed by atoms with Crippen LogP contribution in [0.1, 0.15) is 18.1 Å². The van der Waals surface area contributed by atoms with Gasteiger partial charge in [0, 0.05) is 5.56 Å². The average Bonchev–Trinajstić information content (AvgIpc) is 2.55. The van der Waals surface area contributed by atoms with Gasteiger partial charge in [-0.05, 0) is 37.1 Å². The van der Waals surface area contributed by atoms with Crippen molar-refractivity contribution in [1.29, 1.82) is 0 Å². The summed E-state index contributed by atoms with van der Waals surface area (Å²) in [7, 11) is 3.26. The predicted octanol–water partition coefficient (Wildman–Crippen LogP) is 3.40. The molecular formula is C18H20O3. The molecule has 2 aromatic carbocycles. The average molecular weight is 284 g/mol. The van der Waals surface area contributed by atoms with Crippen LogP contribution in [0.4, 0.5) is 0 Å². The number of aldehydes is 1. The summed E-state index contributed by atoms with van der Waals surface area (Å²) in [5.41, 5.74) is 1.36. The van der Waals surface area contributed by atoms with E-state index in [1.807, 2.05) is 55.5 Å². The molecule has 110 valence electrons. The van der Waals surface area contributed by atoms with E-state index in [4.69, 9.17) is 9.47 Å². The summed E-state index contributed by atoms with van der Waals surface area (Å²) in [6.07, 6.45) is 1.61. The topological polar surface area (TPSA) is 35.5 Å². The van der Waals surface area contributed by atoms with Crippen molar-refractivity contribution in [3.05, 3.63) is 59.7 Å². The first-order valence-electron chi connectivity index (χ1n) is 6.85. The normalized spacial score (nSPS) is 13.3. The maximum absolute atomic E-state index is 11.7. The number of rotatable bonds is 6. The first kappa shape index (κ1) is 15.1. The molecule has 0 aromatic heterocycles. The Morgan fingerprint density at radius 3 is 2.24 bits per heavy atom. The fourth-order valence-corrected chi connectivity index (χ4v) is 2.48. The molecule has 2 aromatic rings. The van der Waals surface area contributed by atoms with E-state index >= 15 is 0 Å². The first-order chi connectivity index (χ1) is 10.1. The maximum Gasteiger partial charge on any atom is 0.130 e. The van der Waals surface area contributed by atoms with Gasteiger partial charge in [0.2, 0.25) is 0 Å². The van der Waals surface area contributed by atoms with Crippen LogP contribution in [0, 0.1) is 0 Å². The molecule has 0 aliphatic carbocycles. The van der Waals surface area contributed by atoms with E-state index in [0.717, 1.165) is 28.9 Å². The zero-order valence-electron chi connectivity index (χ0n) is 12.6. The summed E-state index contributed by atoms with van der Waals surface area (Å²) in [6, 6.07) is 15.4. The Kier molecular flexibility index (Phi) is 4.63. The van der Waals surface area contributed by atoms with Gasteiger partial charge in [-0.2, -0.15) is 0 Å². The number of methoxy groups -OCH3 is 2. The summed E-state index contributed by atoms with van der Waals surface area (Å²) in [5.74, 6) is 1.55. The third kappa shape index (κ3) is 3.24. The van der Waals surface area contributed by atoms with Gasteiger partial charge in [0.15, 0.2) is 0 Å². The molecule has 0 aliphatic rings. The molecule has 0 radical (unpaired) electrons. The molecule has 0 fully saturated rings. The lowest BCUT2D eigenvalue weighted by atomic mass is 9.78. The molecule has 1 unspecified atom stereocenters. The minimum absolute atomic E-state index is 0.612. The highest BCUT2D eigenvalue weighted by Crippen LogP contribution is 2.33. The van der Waals surface area contributed by atoms with Gasteiger partial charge in [0.1, 0.15) is 17.8 Å². The lowest BCUT2D eigenvalue weighted by Crippen LogP contribution is -2.27. The van der Waals surface area contributed by atoms with Gasteiger partial charge in [-0.25, -0.2) is 0 Å². The van der Waals surface area contributed by atoms with E-state index in [1.165, 1.54) is 0 Å². The zero-order valence-corrected chi connectivity index (χ0v) is 12.6. The SMILES string of the molecule is COc1ccc(CC(C)(C=O)c2ccccc2OC)cc1. The molecule has 0 heterocycles. The number of benzene rings is 2. The van der Waals surface area contributed by atoms with Crippen LogP contribution in [-0.2, 0) is 16.6 Å². The molecule has 0 amide bonds. The minimum atomic E-state index is -0.624. The van der Waals surface area contributed by atoms with Gasteiger partial charge in [0.25, 0.3) is 0 Å². The summed E-state index contributed by atoms with van der Waals surface area (Å²) in [5, 5.41) is 0. The van der Waals surface area contributed by atoms with Crippen molar-refractivity contribution in [3.8, 4) is 11.5 Å². The van der Waals surface area contributed by atoms with E-state index in [9.17, 15) is 4.79 Å². The number of hydrogen-bond donors (Lipinski definition) is 0. The second-order valence-corrected chi connectivity index (χ2v) is 5.26. The molecule has 3 nitrogen and oxygen atoms in total. The Labute approximate surface area is 125 Å². The highest BCUT2D eigenvalue weighted by atomic mass is 16.5. The number of carbonyl (C=O) groups excluding carboxylic acids is 1. The van der Waals surface area contributed by atoms with Crippen LogP contribution in [0.2, 0.25) is 0 Å². The molecule has 21 heavy (non-hydrogen) atoms. The lowest BCUT2D eigenvalue weighted by Gasteiger charge is -2.25. The van der Waals surface area contributed by atoms with Gasteiger partial charge in [0.05, 0.1) is 19.6 Å². The van der Waals surface area contributed by atoms with Crippen LogP contribution < -0.4 is 9.47 Å². The molecule has 0 N–H and O–H groups in total. The Morgan fingerprint density at radius 2 is 1.67 bits per heavy atom. The Hall–Kier alpha value is -2.29. The van der Waals surface area contributed by atoms with E-state index in [0.29, 0.717) is 6.42 Å². The van der Waals surface area contributed by atoms with Crippen LogP contribution in [0.15, 0.2) is 48.5 Å². The quantitative estimate of drug-likeness (QED) is 0.763. The standard InChI is InChI=1S/C18H20O3/c1-18(13-19,16-6-4-5-7-17(16)21-3)12-14-8-10-15(20-2)11-9-14/h4-11,13H,12H2,1-3H3. The molecule has 0 aliphatic heterocycles. The van der Waals surface area contributed by atoms with Crippen molar-refractivity contribution in [3.63, 3.8) is 0 Å². The van der Waals surface area contributed by atoms with Crippen molar-refractivity contribution in [2.45, 2.75) is 18.8 Å². The number of carbonyl (C=O) groups is 1. The molecule has 2 rings (SSSR count). The first-order valence-corrected chi connectivity index (χ1v) is 6.85. The predicted molar refractivity (Wildman–Crippen MR) is 83.1 cm³/mol. The van der Waals surface area contributed by atoms with E-state index in [2.05, 4.69) is 0 Å². The van der Waals surface area contributed by atoms with Crippen molar-refractivity contribution < 1.29 is 14.3 Å². The molecule has 0 bridgehead atoms. The molecule has 0 saturated heterocycles. The van der Waals surface area contributed by atoms with Crippen molar-refractivity contribution in [1.82, 2.24) is 0 Å². The largest absolute Gasteiger partial charge is 0.497 e. The second-order valence-electron chi connectivity index (χ2n) is 5.26. The van der Waals surface area contributed by atoms with Gasteiger partial charge in [-0.3, -0.25) is 0 Å². The van der Waals surface area contributed by atoms with Crippen molar-refractivity contribution in [2.24, 2.45) is 0 Å². The fraction of sp³-hybridized carbons (Fsp3) is 0.278. The highest BCUT2D eigenvalue weighted by Gasteiger charge is 2.29. The minimum Gasteiger partial charge on any atom is -0.497 e. The zero-order chi connectivity index (χ0) is 15.3. The molecular weight excluding hydrogens is 264 g/mol.